The van der Waals surface area contributed by atoms with Crippen molar-refractivity contribution in [2.75, 3.05) is 30.9 Å². The van der Waals surface area contributed by atoms with Gasteiger partial charge in [-0.25, -0.2) is 0 Å². The summed E-state index contributed by atoms with van der Waals surface area (Å²) in [6.07, 6.45) is 4.24. The van der Waals surface area contributed by atoms with Gasteiger partial charge in [0, 0.05) is 48.7 Å². The molecule has 1 heterocycles. The highest BCUT2D eigenvalue weighted by atomic mass is 31.2. The van der Waals surface area contributed by atoms with Crippen molar-refractivity contribution in [3.05, 3.63) is 84.7 Å². The van der Waals surface area contributed by atoms with Crippen molar-refractivity contribution in [1.29, 1.82) is 0 Å². The average Bonchev–Trinajstić information content (AvgIpc) is 2.77. The molecule has 29 heavy (non-hydrogen) atoms. The monoisotopic (exact) mass is 409 g/mol. The van der Waals surface area contributed by atoms with E-state index >= 15 is 0 Å². The molecule has 0 bridgehead atoms. The van der Waals surface area contributed by atoms with E-state index in [2.05, 4.69) is 10.3 Å². The standard InChI is InChI=1S/C23H28N3O2P/c1-4-17-28-29(27,22-14-12-21(13-15-22)26(2)3)23(19-9-8-16-24-18-19)25-20-10-6-5-7-11-20/h5-16,18,23,25H,4,17H2,1-3H3/t23-,29+/m1/s1. The van der Waals surface area contributed by atoms with Crippen molar-refractivity contribution in [2.45, 2.75) is 19.1 Å². The Morgan fingerprint density at radius 1 is 1.03 bits per heavy atom. The highest BCUT2D eigenvalue weighted by molar-refractivity contribution is 7.67. The number of benzene rings is 2. The summed E-state index contributed by atoms with van der Waals surface area (Å²) < 4.78 is 20.5. The minimum atomic E-state index is -3.31. The van der Waals surface area contributed by atoms with Crippen LogP contribution >= 0.6 is 7.37 Å². The average molecular weight is 409 g/mol. The maximum Gasteiger partial charge on any atom is 0.258 e. The summed E-state index contributed by atoms with van der Waals surface area (Å²) >= 11 is 0. The number of hydrogen-bond donors (Lipinski definition) is 1. The summed E-state index contributed by atoms with van der Waals surface area (Å²) in [5.74, 6) is -0.546. The number of hydrogen-bond acceptors (Lipinski definition) is 5. The first kappa shape index (κ1) is 21.1. The Balaban J connectivity index is 2.08. The first-order valence-corrected chi connectivity index (χ1v) is 11.5. The van der Waals surface area contributed by atoms with E-state index in [4.69, 9.17) is 4.52 Å². The van der Waals surface area contributed by atoms with Crippen LogP contribution in [0, 0.1) is 0 Å². The van der Waals surface area contributed by atoms with E-state index in [-0.39, 0.29) is 0 Å². The van der Waals surface area contributed by atoms with Crippen LogP contribution in [0.25, 0.3) is 0 Å². The Bertz CT molecular complexity index is 931. The summed E-state index contributed by atoms with van der Waals surface area (Å²) in [5.41, 5.74) is 2.75. The fourth-order valence-corrected chi connectivity index (χ4v) is 5.56. The van der Waals surface area contributed by atoms with Crippen LogP contribution in [-0.2, 0) is 9.09 Å². The molecule has 2 atom stereocenters. The van der Waals surface area contributed by atoms with Crippen molar-refractivity contribution in [3.8, 4) is 0 Å². The molecule has 0 unspecified atom stereocenters. The highest BCUT2D eigenvalue weighted by Gasteiger charge is 2.38. The Hall–Kier alpha value is -2.62. The molecular formula is C23H28N3O2P. The van der Waals surface area contributed by atoms with Crippen LogP contribution in [0.5, 0.6) is 0 Å². The van der Waals surface area contributed by atoms with Crippen molar-refractivity contribution in [2.24, 2.45) is 0 Å². The molecule has 0 fully saturated rings. The minimum Gasteiger partial charge on any atom is -0.378 e. The SMILES string of the molecule is CCCO[P@@](=O)(c1ccc(N(C)C)cc1)[C@@H](Nc1ccccc1)c1cccnc1. The quantitative estimate of drug-likeness (QED) is 0.487. The van der Waals surface area contributed by atoms with Crippen molar-refractivity contribution < 1.29 is 9.09 Å². The van der Waals surface area contributed by atoms with Gasteiger partial charge in [0.2, 0.25) is 0 Å². The molecule has 2 aromatic carbocycles. The molecule has 6 heteroatoms. The van der Waals surface area contributed by atoms with E-state index in [9.17, 15) is 4.57 Å². The zero-order valence-electron chi connectivity index (χ0n) is 17.2. The Labute approximate surface area is 173 Å². The second-order valence-corrected chi connectivity index (χ2v) is 9.53. The fourth-order valence-electron chi connectivity index (χ4n) is 3.08. The minimum absolute atomic E-state index is 0.417. The Morgan fingerprint density at radius 3 is 2.34 bits per heavy atom. The zero-order chi connectivity index (χ0) is 20.7. The van der Waals surface area contributed by atoms with Gasteiger partial charge in [-0.3, -0.25) is 9.55 Å². The molecule has 0 amide bonds. The first-order chi connectivity index (χ1) is 14.0. The first-order valence-electron chi connectivity index (χ1n) is 9.78. The van der Waals surface area contributed by atoms with Gasteiger partial charge in [-0.05, 0) is 48.9 Å². The van der Waals surface area contributed by atoms with Crippen molar-refractivity contribution >= 4 is 24.0 Å². The highest BCUT2D eigenvalue weighted by Crippen LogP contribution is 2.59. The lowest BCUT2D eigenvalue weighted by molar-refractivity contribution is 0.315. The van der Waals surface area contributed by atoms with Gasteiger partial charge in [0.25, 0.3) is 7.37 Å². The molecule has 5 nitrogen and oxygen atoms in total. The Morgan fingerprint density at radius 2 is 1.76 bits per heavy atom. The maximum absolute atomic E-state index is 14.4. The van der Waals surface area contributed by atoms with E-state index in [1.807, 2.05) is 92.6 Å². The number of rotatable bonds is 9. The zero-order valence-corrected chi connectivity index (χ0v) is 18.0. The van der Waals surface area contributed by atoms with Gasteiger partial charge in [0.15, 0.2) is 0 Å². The molecule has 0 aliphatic carbocycles. The van der Waals surface area contributed by atoms with Gasteiger partial charge in [0.05, 0.1) is 6.61 Å². The van der Waals surface area contributed by atoms with Gasteiger partial charge in [-0.15, -0.1) is 0 Å². The third-order valence-corrected chi connectivity index (χ3v) is 7.32. The second kappa shape index (κ2) is 9.73. The van der Waals surface area contributed by atoms with Crippen LogP contribution in [0.4, 0.5) is 11.4 Å². The number of anilines is 2. The topological polar surface area (TPSA) is 54.5 Å². The van der Waals surface area contributed by atoms with Crippen LogP contribution in [0.15, 0.2) is 79.1 Å². The predicted octanol–water partition coefficient (Wildman–Crippen LogP) is 5.29. The molecule has 1 N–H and O–H groups in total. The molecule has 3 rings (SSSR count). The van der Waals surface area contributed by atoms with Gasteiger partial charge in [0.1, 0.15) is 5.78 Å². The molecular weight excluding hydrogens is 381 g/mol. The van der Waals surface area contributed by atoms with Crippen molar-refractivity contribution in [1.82, 2.24) is 4.98 Å². The van der Waals surface area contributed by atoms with Crippen LogP contribution in [0.3, 0.4) is 0 Å². The summed E-state index contributed by atoms with van der Waals surface area (Å²) in [7, 11) is 0.662. The third-order valence-electron chi connectivity index (χ3n) is 4.63. The molecule has 0 aliphatic rings. The van der Waals surface area contributed by atoms with E-state index in [1.54, 1.807) is 12.4 Å². The van der Waals surface area contributed by atoms with Crippen LogP contribution in [0.1, 0.15) is 24.7 Å². The molecule has 0 radical (unpaired) electrons. The van der Waals surface area contributed by atoms with E-state index < -0.39 is 13.2 Å². The van der Waals surface area contributed by atoms with E-state index in [0.717, 1.165) is 23.4 Å². The largest absolute Gasteiger partial charge is 0.378 e. The van der Waals surface area contributed by atoms with E-state index in [1.165, 1.54) is 0 Å². The maximum atomic E-state index is 14.4. The number of nitrogens with one attached hydrogen (secondary N) is 1. The normalized spacial score (nSPS) is 14.0. The smallest absolute Gasteiger partial charge is 0.258 e. The van der Waals surface area contributed by atoms with Gasteiger partial charge in [-0.1, -0.05) is 31.2 Å². The van der Waals surface area contributed by atoms with E-state index in [0.29, 0.717) is 11.9 Å². The van der Waals surface area contributed by atoms with Crippen LogP contribution in [-0.4, -0.2) is 25.7 Å². The van der Waals surface area contributed by atoms with Gasteiger partial charge < -0.3 is 14.7 Å². The van der Waals surface area contributed by atoms with Crippen LogP contribution < -0.4 is 15.5 Å². The van der Waals surface area contributed by atoms with Crippen LogP contribution in [0.2, 0.25) is 0 Å². The number of para-hydroxylation sites is 1. The van der Waals surface area contributed by atoms with Gasteiger partial charge >= 0.3 is 0 Å². The lowest BCUT2D eigenvalue weighted by Crippen LogP contribution is -2.21. The Kier molecular flexibility index (Phi) is 7.08. The molecule has 152 valence electrons. The molecule has 0 aliphatic heterocycles. The number of pyridine rings is 1. The van der Waals surface area contributed by atoms with Crippen molar-refractivity contribution in [3.63, 3.8) is 0 Å². The number of nitrogens with zero attached hydrogens (tertiary/aromatic N) is 2. The predicted molar refractivity (Wildman–Crippen MR) is 121 cm³/mol. The van der Waals surface area contributed by atoms with Gasteiger partial charge in [-0.2, -0.15) is 0 Å². The third kappa shape index (κ3) is 5.06. The summed E-state index contributed by atoms with van der Waals surface area (Å²) in [4.78, 5) is 6.26. The molecule has 0 spiro atoms. The summed E-state index contributed by atoms with van der Waals surface area (Å²) in [6, 6.07) is 21.3. The molecule has 3 aromatic rings. The number of aromatic nitrogens is 1. The fraction of sp³-hybridized carbons (Fsp3) is 0.261. The molecule has 1 aromatic heterocycles. The summed E-state index contributed by atoms with van der Waals surface area (Å²) in [5, 5.41) is 4.13. The lowest BCUT2D eigenvalue weighted by Gasteiger charge is -2.30. The lowest BCUT2D eigenvalue weighted by atomic mass is 10.2. The summed E-state index contributed by atoms with van der Waals surface area (Å²) in [6.45, 7) is 2.43. The molecule has 0 saturated heterocycles. The molecule has 0 saturated carbocycles. The second-order valence-electron chi connectivity index (χ2n) is 7.04.